The normalized spacial score (nSPS) is 22.1. The number of aliphatic hydroxyl groups excluding tert-OH is 1. The molecule has 1 aliphatic carbocycles. The van der Waals surface area contributed by atoms with Crippen molar-refractivity contribution in [3.8, 4) is 0 Å². The van der Waals surface area contributed by atoms with Gasteiger partial charge in [0.05, 0.1) is 27.4 Å². The Labute approximate surface area is 215 Å². The Hall–Kier alpha value is -3.18. The molecule has 1 unspecified atom stereocenters. The number of anilines is 2. The fourth-order valence-electron chi connectivity index (χ4n) is 5.13. The lowest BCUT2D eigenvalue weighted by Gasteiger charge is -2.30. The molecule has 1 atom stereocenters. The largest absolute Gasteiger partial charge is 0.510 e. The minimum absolute atomic E-state index is 0.0406. The highest BCUT2D eigenvalue weighted by molar-refractivity contribution is 7.18. The van der Waals surface area contributed by atoms with Gasteiger partial charge in [-0.3, -0.25) is 19.2 Å². The highest BCUT2D eigenvalue weighted by Gasteiger charge is 2.44. The summed E-state index contributed by atoms with van der Waals surface area (Å²) in [5, 5.41) is 31.2. The molecule has 190 valence electrons. The van der Waals surface area contributed by atoms with Crippen LogP contribution in [0.5, 0.6) is 0 Å². The first-order valence-corrected chi connectivity index (χ1v) is 13.5. The van der Waals surface area contributed by atoms with E-state index in [9.17, 15) is 34.5 Å². The summed E-state index contributed by atoms with van der Waals surface area (Å²) in [6, 6.07) is 7.18. The number of thiophene rings is 2. The average Bonchev–Trinajstić information content (AvgIpc) is 3.59. The molecule has 9 nitrogen and oxygen atoms in total. The van der Waals surface area contributed by atoms with E-state index in [1.807, 2.05) is 12.1 Å². The standard InChI is InChI=1S/C25H26N2O7S2/c28-21-19(15-1-3-17(35-15)26-9-5-13(6-10-26)24(31)32)22(29)23(30)20(21)16-2-4-18(36-16)27-11-7-14(8-12-27)25(33)34/h1-4,13-14,19,28H,5-12H2,(H,31,32)(H,33,34). The predicted molar refractivity (Wildman–Crippen MR) is 136 cm³/mol. The van der Waals surface area contributed by atoms with Crippen molar-refractivity contribution in [1.82, 2.24) is 0 Å². The van der Waals surface area contributed by atoms with E-state index in [-0.39, 0.29) is 23.2 Å². The average molecular weight is 531 g/mol. The first-order valence-electron chi connectivity index (χ1n) is 11.9. The summed E-state index contributed by atoms with van der Waals surface area (Å²) in [5.74, 6) is -4.86. The van der Waals surface area contributed by atoms with Gasteiger partial charge in [-0.05, 0) is 49.9 Å². The number of nitrogens with zero attached hydrogens (tertiary/aromatic N) is 2. The molecule has 5 rings (SSSR count). The summed E-state index contributed by atoms with van der Waals surface area (Å²) < 4.78 is 0. The van der Waals surface area contributed by atoms with Gasteiger partial charge in [-0.2, -0.15) is 0 Å². The number of aliphatic carboxylic acids is 2. The Kier molecular flexibility index (Phi) is 6.60. The topological polar surface area (TPSA) is 135 Å². The van der Waals surface area contributed by atoms with Crippen LogP contribution in [0.4, 0.5) is 10.0 Å². The van der Waals surface area contributed by atoms with Gasteiger partial charge in [0.2, 0.25) is 11.6 Å². The second-order valence-electron chi connectivity index (χ2n) is 9.40. The van der Waals surface area contributed by atoms with E-state index in [0.717, 1.165) is 10.0 Å². The predicted octanol–water partition coefficient (Wildman–Crippen LogP) is 3.62. The number of hydrogen-bond donors (Lipinski definition) is 3. The molecule has 0 bridgehead atoms. The van der Waals surface area contributed by atoms with E-state index < -0.39 is 29.4 Å². The summed E-state index contributed by atoms with van der Waals surface area (Å²) in [6.45, 7) is 2.39. The highest BCUT2D eigenvalue weighted by Crippen LogP contribution is 2.45. The SMILES string of the molecule is O=C1C(=O)C(c2ccc(N3CCC(C(=O)O)CC3)s2)C(O)=C1c1ccc(N2CCC(C(=O)O)CC2)s1. The zero-order chi connectivity index (χ0) is 25.6. The second kappa shape index (κ2) is 9.70. The minimum Gasteiger partial charge on any atom is -0.510 e. The number of hydrogen-bond acceptors (Lipinski definition) is 9. The monoisotopic (exact) mass is 530 g/mol. The molecule has 3 N–H and O–H groups in total. The zero-order valence-corrected chi connectivity index (χ0v) is 21.0. The third-order valence-corrected chi connectivity index (χ3v) is 9.66. The van der Waals surface area contributed by atoms with Crippen molar-refractivity contribution < 1.29 is 34.5 Å². The molecular weight excluding hydrogens is 504 g/mol. The van der Waals surface area contributed by atoms with Crippen LogP contribution in [0, 0.1) is 11.8 Å². The van der Waals surface area contributed by atoms with Gasteiger partial charge in [0.15, 0.2) is 0 Å². The zero-order valence-electron chi connectivity index (χ0n) is 19.4. The van der Waals surface area contributed by atoms with Gasteiger partial charge in [0.25, 0.3) is 0 Å². The summed E-state index contributed by atoms with van der Waals surface area (Å²) in [6.07, 6.45) is 2.19. The first kappa shape index (κ1) is 24.5. The highest BCUT2D eigenvalue weighted by atomic mass is 32.1. The smallest absolute Gasteiger partial charge is 0.306 e. The van der Waals surface area contributed by atoms with Crippen molar-refractivity contribution in [2.45, 2.75) is 31.6 Å². The lowest BCUT2D eigenvalue weighted by molar-refractivity contribution is -0.143. The molecule has 0 spiro atoms. The van der Waals surface area contributed by atoms with Gasteiger partial charge in [0.1, 0.15) is 11.7 Å². The Balaban J connectivity index is 1.33. The maximum absolute atomic E-state index is 12.9. The van der Waals surface area contributed by atoms with Crippen molar-refractivity contribution in [2.24, 2.45) is 11.8 Å². The van der Waals surface area contributed by atoms with Crippen molar-refractivity contribution in [3.05, 3.63) is 39.8 Å². The Morgan fingerprint density at radius 3 is 1.81 bits per heavy atom. The van der Waals surface area contributed by atoms with Crippen LogP contribution in [-0.2, 0) is 19.2 Å². The van der Waals surface area contributed by atoms with Crippen LogP contribution in [0.15, 0.2) is 30.0 Å². The number of carbonyl (C=O) groups is 4. The molecular formula is C25H26N2O7S2. The molecule has 0 aromatic carbocycles. The van der Waals surface area contributed by atoms with Crippen LogP contribution in [0.1, 0.15) is 41.4 Å². The molecule has 0 amide bonds. The lowest BCUT2D eigenvalue weighted by Crippen LogP contribution is -2.35. The Bertz CT molecular complexity index is 1250. The summed E-state index contributed by atoms with van der Waals surface area (Å²) in [5.41, 5.74) is 0.0406. The number of ketones is 2. The number of Topliss-reactive ketones (excluding diaryl/α,β-unsaturated/α-hetero) is 2. The molecule has 2 aromatic heterocycles. The molecule has 3 aliphatic rings. The van der Waals surface area contributed by atoms with Crippen LogP contribution >= 0.6 is 22.7 Å². The van der Waals surface area contributed by atoms with E-state index in [0.29, 0.717) is 61.6 Å². The molecule has 2 saturated heterocycles. The van der Waals surface area contributed by atoms with Crippen molar-refractivity contribution in [2.75, 3.05) is 36.0 Å². The Morgan fingerprint density at radius 2 is 1.28 bits per heavy atom. The van der Waals surface area contributed by atoms with E-state index in [1.54, 1.807) is 12.1 Å². The van der Waals surface area contributed by atoms with Crippen LogP contribution in [0.3, 0.4) is 0 Å². The van der Waals surface area contributed by atoms with Crippen LogP contribution in [0.25, 0.3) is 5.57 Å². The van der Waals surface area contributed by atoms with Gasteiger partial charge in [-0.15, -0.1) is 22.7 Å². The van der Waals surface area contributed by atoms with E-state index in [4.69, 9.17) is 0 Å². The van der Waals surface area contributed by atoms with Crippen LogP contribution < -0.4 is 9.80 Å². The quantitative estimate of drug-likeness (QED) is 0.479. The Morgan fingerprint density at radius 1 is 0.778 bits per heavy atom. The first-order chi connectivity index (χ1) is 17.2. The number of carboxylic acids is 2. The van der Waals surface area contributed by atoms with Gasteiger partial charge in [-0.1, -0.05) is 0 Å². The molecule has 0 radical (unpaired) electrons. The van der Waals surface area contributed by atoms with Crippen molar-refractivity contribution in [3.63, 3.8) is 0 Å². The fraction of sp³-hybridized carbons (Fsp3) is 0.440. The number of carboxylic acid groups (broad SMARTS) is 2. The van der Waals surface area contributed by atoms with E-state index >= 15 is 0 Å². The van der Waals surface area contributed by atoms with Gasteiger partial charge in [-0.25, -0.2) is 0 Å². The van der Waals surface area contributed by atoms with Crippen LogP contribution in [-0.4, -0.2) is 65.0 Å². The minimum atomic E-state index is -1.03. The van der Waals surface area contributed by atoms with Gasteiger partial charge >= 0.3 is 11.9 Å². The molecule has 4 heterocycles. The maximum atomic E-state index is 12.9. The molecule has 2 aromatic rings. The molecule has 0 saturated carbocycles. The molecule has 2 fully saturated rings. The van der Waals surface area contributed by atoms with Gasteiger partial charge in [0, 0.05) is 35.9 Å². The van der Waals surface area contributed by atoms with Gasteiger partial charge < -0.3 is 25.1 Å². The molecule has 36 heavy (non-hydrogen) atoms. The summed E-state index contributed by atoms with van der Waals surface area (Å²) in [7, 11) is 0. The number of aliphatic hydroxyl groups is 1. The fourth-order valence-corrected chi connectivity index (χ4v) is 7.40. The van der Waals surface area contributed by atoms with Crippen molar-refractivity contribution >= 4 is 61.8 Å². The number of rotatable bonds is 6. The summed E-state index contributed by atoms with van der Waals surface area (Å²) in [4.78, 5) is 53.5. The third-order valence-electron chi connectivity index (χ3n) is 7.29. The van der Waals surface area contributed by atoms with Crippen LogP contribution in [0.2, 0.25) is 0 Å². The van der Waals surface area contributed by atoms with E-state index in [1.165, 1.54) is 22.7 Å². The van der Waals surface area contributed by atoms with Crippen molar-refractivity contribution in [1.29, 1.82) is 0 Å². The summed E-state index contributed by atoms with van der Waals surface area (Å²) >= 11 is 2.66. The number of allylic oxidation sites excluding steroid dienone is 2. The lowest BCUT2D eigenvalue weighted by atomic mass is 9.97. The van der Waals surface area contributed by atoms with E-state index in [2.05, 4.69) is 9.80 Å². The number of piperidine rings is 2. The third kappa shape index (κ3) is 4.41. The molecule has 2 aliphatic heterocycles. The maximum Gasteiger partial charge on any atom is 0.306 e. The molecule has 11 heteroatoms. The second-order valence-corrected chi connectivity index (χ2v) is 11.6. The number of carbonyl (C=O) groups excluding carboxylic acids is 2.